The van der Waals surface area contributed by atoms with Gasteiger partial charge in [0.2, 0.25) is 11.8 Å². The van der Waals surface area contributed by atoms with E-state index in [1.165, 1.54) is 4.88 Å². The highest BCUT2D eigenvalue weighted by atomic mass is 32.1. The van der Waals surface area contributed by atoms with E-state index in [2.05, 4.69) is 10.2 Å². The Balaban J connectivity index is 1.39. The standard InChI is InChI=1S/C22H28N4O4S/c1-14(27)25-8-10-26(11-9-25)22-24-17-6-4-15(12-20(17)31-22)21(28)23-16-5-7-18(29-2)19(13-16)30-3/h5,7,13,15H,4,6,8-12H2,1-3H3,(H,23,28)/t15-/m0/s1. The molecule has 8 nitrogen and oxygen atoms in total. The average Bonchev–Trinajstić information content (AvgIpc) is 3.22. The summed E-state index contributed by atoms with van der Waals surface area (Å²) in [4.78, 5) is 34.6. The molecule has 0 saturated carbocycles. The van der Waals surface area contributed by atoms with Crippen molar-refractivity contribution in [2.45, 2.75) is 26.2 Å². The smallest absolute Gasteiger partial charge is 0.227 e. The van der Waals surface area contributed by atoms with Gasteiger partial charge in [0.25, 0.3) is 0 Å². The van der Waals surface area contributed by atoms with Gasteiger partial charge in [0.1, 0.15) is 0 Å². The minimum atomic E-state index is -0.0801. The summed E-state index contributed by atoms with van der Waals surface area (Å²) >= 11 is 1.68. The lowest BCUT2D eigenvalue weighted by Crippen LogP contribution is -2.48. The average molecular weight is 445 g/mol. The SMILES string of the molecule is COc1ccc(NC(=O)[C@H]2CCc3nc(N4CCN(C(C)=O)CC4)sc3C2)cc1OC. The molecule has 4 rings (SSSR count). The van der Waals surface area contributed by atoms with Crippen molar-refractivity contribution in [3.63, 3.8) is 0 Å². The maximum Gasteiger partial charge on any atom is 0.227 e. The van der Waals surface area contributed by atoms with Crippen LogP contribution in [-0.2, 0) is 22.4 Å². The second-order valence-corrected chi connectivity index (χ2v) is 8.92. The van der Waals surface area contributed by atoms with Crippen LogP contribution in [0, 0.1) is 5.92 Å². The van der Waals surface area contributed by atoms with E-state index in [0.29, 0.717) is 23.6 Å². The van der Waals surface area contributed by atoms with Gasteiger partial charge >= 0.3 is 0 Å². The number of thiazole rings is 1. The molecule has 1 aromatic heterocycles. The molecular weight excluding hydrogens is 416 g/mol. The lowest BCUT2D eigenvalue weighted by atomic mass is 9.90. The first kappa shape index (κ1) is 21.4. The van der Waals surface area contributed by atoms with E-state index < -0.39 is 0 Å². The molecular formula is C22H28N4O4S. The summed E-state index contributed by atoms with van der Waals surface area (Å²) in [7, 11) is 3.16. The molecule has 0 spiro atoms. The van der Waals surface area contributed by atoms with Gasteiger partial charge in [-0.15, -0.1) is 11.3 Å². The molecule has 1 saturated heterocycles. The molecule has 9 heteroatoms. The molecule has 1 aromatic carbocycles. The van der Waals surface area contributed by atoms with Crippen LogP contribution >= 0.6 is 11.3 Å². The Morgan fingerprint density at radius 3 is 2.55 bits per heavy atom. The molecule has 0 radical (unpaired) electrons. The van der Waals surface area contributed by atoms with Crippen LogP contribution < -0.4 is 19.7 Å². The van der Waals surface area contributed by atoms with Crippen molar-refractivity contribution in [1.82, 2.24) is 9.88 Å². The van der Waals surface area contributed by atoms with Crippen LogP contribution in [0.5, 0.6) is 11.5 Å². The number of ether oxygens (including phenoxy) is 2. The highest BCUT2D eigenvalue weighted by molar-refractivity contribution is 7.15. The summed E-state index contributed by atoms with van der Waals surface area (Å²) in [6, 6.07) is 5.38. The molecule has 1 aliphatic carbocycles. The molecule has 2 aliphatic rings. The van der Waals surface area contributed by atoms with Crippen molar-refractivity contribution in [3.05, 3.63) is 28.8 Å². The molecule has 1 N–H and O–H groups in total. The Morgan fingerprint density at radius 2 is 1.87 bits per heavy atom. The van der Waals surface area contributed by atoms with Crippen molar-refractivity contribution >= 4 is 34.0 Å². The summed E-state index contributed by atoms with van der Waals surface area (Å²) in [6.45, 7) is 4.68. The Kier molecular flexibility index (Phi) is 6.31. The number of aryl methyl sites for hydroxylation is 1. The molecule has 1 aliphatic heterocycles. The molecule has 2 heterocycles. The fourth-order valence-electron chi connectivity index (χ4n) is 4.09. The van der Waals surface area contributed by atoms with E-state index in [0.717, 1.165) is 49.8 Å². The second kappa shape index (κ2) is 9.13. The van der Waals surface area contributed by atoms with Crippen molar-refractivity contribution in [1.29, 1.82) is 0 Å². The summed E-state index contributed by atoms with van der Waals surface area (Å²) < 4.78 is 10.6. The third-order valence-corrected chi connectivity index (χ3v) is 7.13. The predicted octanol–water partition coefficient (Wildman–Crippen LogP) is 2.57. The quantitative estimate of drug-likeness (QED) is 0.763. The maximum atomic E-state index is 12.9. The van der Waals surface area contributed by atoms with Gasteiger partial charge < -0.3 is 24.6 Å². The number of carbonyl (C=O) groups excluding carboxylic acids is 2. The van der Waals surface area contributed by atoms with Gasteiger partial charge in [-0.1, -0.05) is 0 Å². The van der Waals surface area contributed by atoms with E-state index in [1.54, 1.807) is 44.6 Å². The van der Waals surface area contributed by atoms with Gasteiger partial charge in [-0.2, -0.15) is 0 Å². The van der Waals surface area contributed by atoms with Crippen LogP contribution in [0.4, 0.5) is 10.8 Å². The number of fused-ring (bicyclic) bond motifs is 1. The summed E-state index contributed by atoms with van der Waals surface area (Å²) in [5.41, 5.74) is 1.81. The van der Waals surface area contributed by atoms with Crippen LogP contribution in [0.3, 0.4) is 0 Å². The van der Waals surface area contributed by atoms with Gasteiger partial charge in [-0.05, 0) is 31.4 Å². The number of nitrogens with zero attached hydrogens (tertiary/aromatic N) is 3. The number of hydrogen-bond donors (Lipinski definition) is 1. The number of carbonyl (C=O) groups is 2. The molecule has 2 amide bonds. The third kappa shape index (κ3) is 4.61. The Hall–Kier alpha value is -2.81. The number of rotatable bonds is 5. The van der Waals surface area contributed by atoms with Gasteiger partial charge in [-0.25, -0.2) is 4.98 Å². The van der Waals surface area contributed by atoms with E-state index in [-0.39, 0.29) is 17.7 Å². The number of piperazine rings is 1. The normalized spacial score (nSPS) is 18.4. The number of aromatic nitrogens is 1. The fraction of sp³-hybridized carbons (Fsp3) is 0.500. The highest BCUT2D eigenvalue weighted by Gasteiger charge is 2.29. The summed E-state index contributed by atoms with van der Waals surface area (Å²) in [5, 5.41) is 4.02. The zero-order chi connectivity index (χ0) is 22.0. The largest absolute Gasteiger partial charge is 0.493 e. The van der Waals surface area contributed by atoms with Gasteiger partial charge in [0, 0.05) is 55.7 Å². The number of methoxy groups -OCH3 is 2. The first-order chi connectivity index (χ1) is 15.0. The van der Waals surface area contributed by atoms with Crippen molar-refractivity contribution in [3.8, 4) is 11.5 Å². The van der Waals surface area contributed by atoms with Crippen LogP contribution in [-0.4, -0.2) is 62.1 Å². The maximum absolute atomic E-state index is 12.9. The summed E-state index contributed by atoms with van der Waals surface area (Å²) in [6.07, 6.45) is 2.30. The van der Waals surface area contributed by atoms with Crippen molar-refractivity contribution < 1.29 is 19.1 Å². The molecule has 166 valence electrons. The first-order valence-corrected chi connectivity index (χ1v) is 11.3. The van der Waals surface area contributed by atoms with E-state index >= 15 is 0 Å². The molecule has 1 fully saturated rings. The Morgan fingerprint density at radius 1 is 1.13 bits per heavy atom. The third-order valence-electron chi connectivity index (χ3n) is 5.95. The molecule has 0 bridgehead atoms. The van der Waals surface area contributed by atoms with Crippen LogP contribution in [0.15, 0.2) is 18.2 Å². The number of hydrogen-bond acceptors (Lipinski definition) is 7. The van der Waals surface area contributed by atoms with Gasteiger partial charge in [0.15, 0.2) is 16.6 Å². The van der Waals surface area contributed by atoms with E-state index in [1.807, 2.05) is 11.0 Å². The zero-order valence-electron chi connectivity index (χ0n) is 18.1. The van der Waals surface area contributed by atoms with Crippen LogP contribution in [0.1, 0.15) is 23.9 Å². The number of nitrogens with one attached hydrogen (secondary N) is 1. The van der Waals surface area contributed by atoms with Gasteiger partial charge in [-0.3, -0.25) is 9.59 Å². The highest BCUT2D eigenvalue weighted by Crippen LogP contribution is 2.35. The minimum Gasteiger partial charge on any atom is -0.493 e. The van der Waals surface area contributed by atoms with Crippen LogP contribution in [0.25, 0.3) is 0 Å². The Bertz CT molecular complexity index is 968. The van der Waals surface area contributed by atoms with E-state index in [9.17, 15) is 9.59 Å². The lowest BCUT2D eigenvalue weighted by molar-refractivity contribution is -0.129. The minimum absolute atomic E-state index is 0.0166. The number of benzene rings is 1. The first-order valence-electron chi connectivity index (χ1n) is 10.5. The number of amides is 2. The van der Waals surface area contributed by atoms with Gasteiger partial charge in [0.05, 0.1) is 19.9 Å². The zero-order valence-corrected chi connectivity index (χ0v) is 19.0. The van der Waals surface area contributed by atoms with Crippen molar-refractivity contribution in [2.24, 2.45) is 5.92 Å². The molecule has 2 aromatic rings. The van der Waals surface area contributed by atoms with Crippen molar-refractivity contribution in [2.75, 3.05) is 50.6 Å². The van der Waals surface area contributed by atoms with Crippen LogP contribution in [0.2, 0.25) is 0 Å². The Labute approximate surface area is 186 Å². The molecule has 0 unspecified atom stereocenters. The lowest BCUT2D eigenvalue weighted by Gasteiger charge is -2.33. The monoisotopic (exact) mass is 444 g/mol. The molecule has 1 atom stereocenters. The van der Waals surface area contributed by atoms with E-state index in [4.69, 9.17) is 14.5 Å². The second-order valence-electron chi connectivity index (χ2n) is 7.86. The summed E-state index contributed by atoms with van der Waals surface area (Å²) in [5.74, 6) is 1.28. The topological polar surface area (TPSA) is 84.0 Å². The predicted molar refractivity (Wildman–Crippen MR) is 120 cm³/mol. The molecule has 31 heavy (non-hydrogen) atoms. The number of anilines is 2. The fourth-order valence-corrected chi connectivity index (χ4v) is 5.33.